The lowest BCUT2D eigenvalue weighted by molar-refractivity contribution is -0.220. The number of phosphoric acid groups is 1. The topological polar surface area (TPSA) is 247 Å². The van der Waals surface area contributed by atoms with Crippen LogP contribution in [0.15, 0.2) is 0 Å². The molecule has 0 aromatic carbocycles. The molecule has 0 spiro atoms. The summed E-state index contributed by atoms with van der Waals surface area (Å²) in [5.74, 6) is -0.855. The fourth-order valence-corrected chi connectivity index (χ4v) is 10.2. The van der Waals surface area contributed by atoms with E-state index in [1.54, 1.807) is 0 Å². The number of hydrogen-bond donors (Lipinski definition) is 10. The van der Waals surface area contributed by atoms with Crippen molar-refractivity contribution in [2.45, 2.75) is 319 Å². The lowest BCUT2D eigenvalue weighted by Crippen LogP contribution is -2.64. The average molecular weight is 982 g/mol. The Labute approximate surface area is 407 Å². The number of carbonyl (C=O) groups excluding carboxylic acids is 1. The average Bonchev–Trinajstić information content (AvgIpc) is 3.31. The first-order valence-electron chi connectivity index (χ1n) is 27.7. The SMILES string of the molecule is CCCCCCCCCCCCCCCCCCCCCCCCC(O)C(=O)N[C@@H](COP(=O)(O)OC1C(O)C(O)C(O)[C@@H](O)C1O)[C@H](O)[C@H](O)CCCCCCCCCCCCCCCC. The van der Waals surface area contributed by atoms with Crippen LogP contribution in [0.3, 0.4) is 0 Å². The molecule has 14 nitrogen and oxygen atoms in total. The molecule has 67 heavy (non-hydrogen) atoms. The van der Waals surface area contributed by atoms with Crippen LogP contribution in [-0.2, 0) is 18.4 Å². The van der Waals surface area contributed by atoms with Gasteiger partial charge in [-0.2, -0.15) is 0 Å². The lowest BCUT2D eigenvalue weighted by Gasteiger charge is -2.41. The molecular formula is C52H104NO13P. The Kier molecular flexibility index (Phi) is 40.1. The van der Waals surface area contributed by atoms with Crippen molar-refractivity contribution in [3.8, 4) is 0 Å². The van der Waals surface area contributed by atoms with E-state index in [2.05, 4.69) is 19.2 Å². The van der Waals surface area contributed by atoms with E-state index in [-0.39, 0.29) is 12.8 Å². The highest BCUT2D eigenvalue weighted by molar-refractivity contribution is 7.47. The van der Waals surface area contributed by atoms with Crippen molar-refractivity contribution < 1.29 is 64.2 Å². The van der Waals surface area contributed by atoms with Gasteiger partial charge in [0.15, 0.2) is 0 Å². The Morgan fingerprint density at radius 3 is 1.07 bits per heavy atom. The molecule has 1 aliphatic carbocycles. The molecule has 0 aromatic heterocycles. The Balaban J connectivity index is 2.44. The number of amides is 1. The molecule has 0 radical (unpaired) electrons. The van der Waals surface area contributed by atoms with Gasteiger partial charge in [0, 0.05) is 0 Å². The molecule has 0 bridgehead atoms. The predicted molar refractivity (Wildman–Crippen MR) is 267 cm³/mol. The van der Waals surface area contributed by atoms with Gasteiger partial charge in [-0.05, 0) is 12.8 Å². The summed E-state index contributed by atoms with van der Waals surface area (Å²) in [4.78, 5) is 23.6. The zero-order valence-electron chi connectivity index (χ0n) is 42.5. The smallest absolute Gasteiger partial charge is 0.390 e. The number of rotatable bonds is 47. The van der Waals surface area contributed by atoms with E-state index in [1.165, 1.54) is 167 Å². The number of carbonyl (C=O) groups is 1. The molecule has 1 saturated carbocycles. The molecule has 10 N–H and O–H groups in total. The molecule has 7 unspecified atom stereocenters. The summed E-state index contributed by atoms with van der Waals surface area (Å²) < 4.78 is 22.9. The minimum absolute atomic E-state index is 0.159. The number of nitrogens with one attached hydrogen (secondary N) is 1. The van der Waals surface area contributed by atoms with Gasteiger partial charge in [-0.1, -0.05) is 245 Å². The van der Waals surface area contributed by atoms with Crippen LogP contribution in [0, 0.1) is 0 Å². The summed E-state index contributed by atoms with van der Waals surface area (Å²) in [6.45, 7) is 3.62. The number of hydrogen-bond acceptors (Lipinski definition) is 12. The quantitative estimate of drug-likeness (QED) is 0.0202. The Morgan fingerprint density at radius 1 is 0.463 bits per heavy atom. The minimum atomic E-state index is -5.23. The van der Waals surface area contributed by atoms with E-state index in [4.69, 9.17) is 9.05 Å². The number of aliphatic hydroxyl groups is 8. The highest BCUT2D eigenvalue weighted by Crippen LogP contribution is 2.47. The van der Waals surface area contributed by atoms with Gasteiger partial charge in [-0.3, -0.25) is 13.8 Å². The molecule has 1 amide bonds. The van der Waals surface area contributed by atoms with Crippen LogP contribution in [0.4, 0.5) is 0 Å². The van der Waals surface area contributed by atoms with E-state index < -0.39 is 81.3 Å². The van der Waals surface area contributed by atoms with Crippen molar-refractivity contribution in [2.75, 3.05) is 6.61 Å². The van der Waals surface area contributed by atoms with Crippen LogP contribution in [0.25, 0.3) is 0 Å². The van der Waals surface area contributed by atoms with E-state index in [1.807, 2.05) is 0 Å². The minimum Gasteiger partial charge on any atom is -0.390 e. The van der Waals surface area contributed by atoms with Gasteiger partial charge in [-0.15, -0.1) is 0 Å². The Hall–Kier alpha value is -0.740. The highest BCUT2D eigenvalue weighted by atomic mass is 31.2. The fraction of sp³-hybridized carbons (Fsp3) is 0.981. The summed E-state index contributed by atoms with van der Waals surface area (Å²) in [7, 11) is -5.23. The Bertz CT molecular complexity index is 1170. The number of phosphoric ester groups is 1. The van der Waals surface area contributed by atoms with Crippen LogP contribution in [-0.4, -0.2) is 119 Å². The van der Waals surface area contributed by atoms with E-state index in [0.29, 0.717) is 12.8 Å². The maximum Gasteiger partial charge on any atom is 0.472 e. The van der Waals surface area contributed by atoms with Crippen LogP contribution < -0.4 is 5.32 Å². The second-order valence-corrected chi connectivity index (χ2v) is 21.5. The van der Waals surface area contributed by atoms with Gasteiger partial charge in [-0.25, -0.2) is 4.57 Å². The van der Waals surface area contributed by atoms with Gasteiger partial charge >= 0.3 is 7.82 Å². The van der Waals surface area contributed by atoms with Gasteiger partial charge in [0.1, 0.15) is 48.8 Å². The van der Waals surface area contributed by atoms with Crippen molar-refractivity contribution in [1.29, 1.82) is 0 Å². The zero-order chi connectivity index (χ0) is 49.5. The second-order valence-electron chi connectivity index (χ2n) is 20.1. The molecule has 400 valence electrons. The molecule has 1 aliphatic rings. The maximum absolute atomic E-state index is 13.1. The summed E-state index contributed by atoms with van der Waals surface area (Å²) in [5, 5.41) is 85.7. The third kappa shape index (κ3) is 32.1. The first-order chi connectivity index (χ1) is 32.3. The normalized spacial score (nSPS) is 22.6. The lowest BCUT2D eigenvalue weighted by atomic mass is 9.85. The molecule has 0 saturated heterocycles. The van der Waals surface area contributed by atoms with Crippen molar-refractivity contribution in [3.63, 3.8) is 0 Å². The first kappa shape index (κ1) is 64.3. The van der Waals surface area contributed by atoms with Gasteiger partial charge in [0.25, 0.3) is 0 Å². The van der Waals surface area contributed by atoms with Crippen molar-refractivity contribution in [1.82, 2.24) is 5.32 Å². The largest absolute Gasteiger partial charge is 0.472 e. The number of aliphatic hydroxyl groups excluding tert-OH is 8. The molecule has 0 aliphatic heterocycles. The van der Waals surface area contributed by atoms with E-state index in [0.717, 1.165) is 51.4 Å². The van der Waals surface area contributed by atoms with Crippen LogP contribution in [0.5, 0.6) is 0 Å². The molecule has 11 atom stereocenters. The summed E-state index contributed by atoms with van der Waals surface area (Å²) in [5.41, 5.74) is 0. The molecule has 0 aromatic rings. The van der Waals surface area contributed by atoms with Crippen LogP contribution in [0.2, 0.25) is 0 Å². The van der Waals surface area contributed by atoms with Gasteiger partial charge in [0.05, 0.1) is 18.8 Å². The second kappa shape index (κ2) is 41.8. The zero-order valence-corrected chi connectivity index (χ0v) is 43.4. The van der Waals surface area contributed by atoms with Crippen LogP contribution >= 0.6 is 7.82 Å². The first-order valence-corrected chi connectivity index (χ1v) is 29.2. The maximum atomic E-state index is 13.1. The number of unbranched alkanes of at least 4 members (excludes halogenated alkanes) is 34. The Morgan fingerprint density at radius 2 is 0.746 bits per heavy atom. The molecule has 15 heteroatoms. The van der Waals surface area contributed by atoms with Crippen molar-refractivity contribution in [2.24, 2.45) is 0 Å². The van der Waals surface area contributed by atoms with E-state index >= 15 is 0 Å². The highest BCUT2D eigenvalue weighted by Gasteiger charge is 2.51. The van der Waals surface area contributed by atoms with Crippen molar-refractivity contribution >= 4 is 13.7 Å². The van der Waals surface area contributed by atoms with Gasteiger partial charge in [0.2, 0.25) is 5.91 Å². The third-order valence-corrected chi connectivity index (χ3v) is 14.9. The van der Waals surface area contributed by atoms with E-state index in [9.17, 15) is 55.1 Å². The monoisotopic (exact) mass is 982 g/mol. The fourth-order valence-electron chi connectivity index (χ4n) is 9.25. The third-order valence-electron chi connectivity index (χ3n) is 13.9. The molecular weight excluding hydrogens is 878 g/mol. The molecule has 1 rings (SSSR count). The summed E-state index contributed by atoms with van der Waals surface area (Å²) >= 11 is 0. The molecule has 0 heterocycles. The molecule has 1 fully saturated rings. The summed E-state index contributed by atoms with van der Waals surface area (Å²) in [6, 6.07) is -1.48. The standard InChI is InChI=1S/C52H104NO13P/c1-3-5-7-9-11-13-15-17-19-20-21-22-23-24-25-26-28-30-32-34-36-38-40-44(55)52(62)53-42(41-65-67(63,64)66-51-49(60)47(58)46(57)48(59)50(51)61)45(56)43(54)39-37-35-33-31-29-27-18-16-14-12-10-8-6-4-2/h42-51,54-61H,3-41H2,1-2H3,(H,53,62)(H,63,64)/t42-,43+,44?,45-,46?,47+,48?,49?,50?,51?/m0/s1. The van der Waals surface area contributed by atoms with Gasteiger partial charge < -0.3 is 51.1 Å². The van der Waals surface area contributed by atoms with Crippen molar-refractivity contribution in [3.05, 3.63) is 0 Å². The summed E-state index contributed by atoms with van der Waals surface area (Å²) in [6.07, 6.45) is 27.5. The van der Waals surface area contributed by atoms with Crippen LogP contribution in [0.1, 0.15) is 258 Å². The predicted octanol–water partition coefficient (Wildman–Crippen LogP) is 9.74.